The van der Waals surface area contributed by atoms with Crippen LogP contribution in [0.4, 0.5) is 5.95 Å². The molecule has 0 aliphatic heterocycles. The molecule has 0 saturated heterocycles. The average Bonchev–Trinajstić information content (AvgIpc) is 2.83. The van der Waals surface area contributed by atoms with Gasteiger partial charge >= 0.3 is 0 Å². The lowest BCUT2D eigenvalue weighted by Crippen LogP contribution is -2.25. The molecular formula is C11H15N5O2S. The summed E-state index contributed by atoms with van der Waals surface area (Å²) in [5.41, 5.74) is 5.86. The van der Waals surface area contributed by atoms with Crippen LogP contribution in [0.5, 0.6) is 0 Å². The lowest BCUT2D eigenvalue weighted by Gasteiger charge is -2.10. The molecule has 3 N–H and O–H groups in total. The standard InChI is InChI=1S/C11H15N5O2S/c1-2-7-14-19(17,18)10-6-4-3-5-9(10)16-8-13-11(12)15-16/h3-6,8,14H,2,7H2,1H3,(H2,12,15). The molecule has 8 heteroatoms. The van der Waals surface area contributed by atoms with Gasteiger partial charge in [0.2, 0.25) is 16.0 Å². The van der Waals surface area contributed by atoms with Crippen LogP contribution < -0.4 is 10.5 Å². The Balaban J connectivity index is 2.47. The summed E-state index contributed by atoms with van der Waals surface area (Å²) in [6.45, 7) is 2.28. The minimum Gasteiger partial charge on any atom is -0.366 e. The molecule has 0 spiro atoms. The fraction of sp³-hybridized carbons (Fsp3) is 0.273. The molecule has 0 radical (unpaired) electrons. The summed E-state index contributed by atoms with van der Waals surface area (Å²) in [7, 11) is -3.57. The van der Waals surface area contributed by atoms with Crippen LogP contribution in [-0.4, -0.2) is 29.7 Å². The van der Waals surface area contributed by atoms with Gasteiger partial charge in [0.25, 0.3) is 0 Å². The normalized spacial score (nSPS) is 11.6. The molecule has 0 aliphatic carbocycles. The maximum absolute atomic E-state index is 12.2. The van der Waals surface area contributed by atoms with E-state index in [-0.39, 0.29) is 10.8 Å². The van der Waals surface area contributed by atoms with E-state index in [1.165, 1.54) is 17.1 Å². The zero-order valence-electron chi connectivity index (χ0n) is 10.4. The fourth-order valence-corrected chi connectivity index (χ4v) is 2.90. The Morgan fingerprint density at radius 2 is 2.11 bits per heavy atom. The van der Waals surface area contributed by atoms with E-state index < -0.39 is 10.0 Å². The summed E-state index contributed by atoms with van der Waals surface area (Å²) in [5.74, 6) is 0.0914. The molecule has 1 aromatic carbocycles. The minimum atomic E-state index is -3.57. The van der Waals surface area contributed by atoms with Crippen molar-refractivity contribution in [2.24, 2.45) is 0 Å². The molecule has 19 heavy (non-hydrogen) atoms. The van der Waals surface area contributed by atoms with E-state index in [1.54, 1.807) is 18.2 Å². The van der Waals surface area contributed by atoms with Crippen molar-refractivity contribution in [2.75, 3.05) is 12.3 Å². The van der Waals surface area contributed by atoms with Gasteiger partial charge in [0.1, 0.15) is 11.2 Å². The maximum Gasteiger partial charge on any atom is 0.242 e. The maximum atomic E-state index is 12.2. The third-order valence-corrected chi connectivity index (χ3v) is 3.96. The summed E-state index contributed by atoms with van der Waals surface area (Å²) in [6.07, 6.45) is 2.10. The zero-order valence-corrected chi connectivity index (χ0v) is 11.3. The van der Waals surface area contributed by atoms with E-state index in [0.717, 1.165) is 6.42 Å². The van der Waals surface area contributed by atoms with Gasteiger partial charge in [-0.3, -0.25) is 0 Å². The summed E-state index contributed by atoms with van der Waals surface area (Å²) in [5, 5.41) is 3.93. The second-order valence-electron chi connectivity index (χ2n) is 3.91. The van der Waals surface area contributed by atoms with Gasteiger partial charge in [-0.1, -0.05) is 19.1 Å². The predicted octanol–water partition coefficient (Wildman–Crippen LogP) is 0.538. The molecule has 7 nitrogen and oxygen atoms in total. The first kappa shape index (κ1) is 13.5. The Morgan fingerprint density at radius 1 is 1.37 bits per heavy atom. The first-order valence-corrected chi connectivity index (χ1v) is 7.29. The number of benzene rings is 1. The highest BCUT2D eigenvalue weighted by atomic mass is 32.2. The van der Waals surface area contributed by atoms with E-state index in [4.69, 9.17) is 5.73 Å². The third-order valence-electron chi connectivity index (χ3n) is 2.45. The van der Waals surface area contributed by atoms with Crippen molar-refractivity contribution in [3.05, 3.63) is 30.6 Å². The first-order valence-electron chi connectivity index (χ1n) is 5.81. The summed E-state index contributed by atoms with van der Waals surface area (Å²) in [6, 6.07) is 6.55. The number of nitrogens with zero attached hydrogens (tertiary/aromatic N) is 3. The van der Waals surface area contributed by atoms with Crippen molar-refractivity contribution in [1.82, 2.24) is 19.5 Å². The highest BCUT2D eigenvalue weighted by Crippen LogP contribution is 2.18. The smallest absolute Gasteiger partial charge is 0.242 e. The summed E-state index contributed by atoms with van der Waals surface area (Å²) in [4.78, 5) is 3.94. The number of para-hydroxylation sites is 1. The van der Waals surface area contributed by atoms with Crippen LogP contribution in [0.2, 0.25) is 0 Å². The second kappa shape index (κ2) is 5.37. The molecule has 0 bridgehead atoms. The van der Waals surface area contributed by atoms with E-state index >= 15 is 0 Å². The Hall–Kier alpha value is -1.93. The molecule has 2 rings (SSSR count). The van der Waals surface area contributed by atoms with Gasteiger partial charge in [-0.05, 0) is 18.6 Å². The van der Waals surface area contributed by atoms with Gasteiger partial charge in [-0.25, -0.2) is 22.8 Å². The quantitative estimate of drug-likeness (QED) is 0.832. The second-order valence-corrected chi connectivity index (χ2v) is 5.65. The molecule has 0 atom stereocenters. The van der Waals surface area contributed by atoms with Crippen molar-refractivity contribution >= 4 is 16.0 Å². The molecule has 2 aromatic rings. The van der Waals surface area contributed by atoms with E-state index in [1.807, 2.05) is 6.92 Å². The molecule has 0 amide bonds. The van der Waals surface area contributed by atoms with Crippen molar-refractivity contribution < 1.29 is 8.42 Å². The molecule has 0 unspecified atom stereocenters. The van der Waals surface area contributed by atoms with Gasteiger partial charge < -0.3 is 5.73 Å². The Morgan fingerprint density at radius 3 is 2.74 bits per heavy atom. The highest BCUT2D eigenvalue weighted by Gasteiger charge is 2.19. The number of nitrogens with two attached hydrogens (primary N) is 1. The number of nitrogen functional groups attached to an aromatic ring is 1. The molecular weight excluding hydrogens is 266 g/mol. The lowest BCUT2D eigenvalue weighted by molar-refractivity contribution is 0.579. The monoisotopic (exact) mass is 281 g/mol. The fourth-order valence-electron chi connectivity index (χ4n) is 1.58. The van der Waals surface area contributed by atoms with E-state index in [9.17, 15) is 8.42 Å². The van der Waals surface area contributed by atoms with Crippen LogP contribution in [0, 0.1) is 0 Å². The van der Waals surface area contributed by atoms with Crippen LogP contribution in [0.1, 0.15) is 13.3 Å². The van der Waals surface area contributed by atoms with Gasteiger partial charge in [-0.2, -0.15) is 0 Å². The van der Waals surface area contributed by atoms with Gasteiger partial charge in [-0.15, -0.1) is 5.10 Å². The van der Waals surface area contributed by atoms with Crippen molar-refractivity contribution in [3.63, 3.8) is 0 Å². The van der Waals surface area contributed by atoms with Crippen LogP contribution in [-0.2, 0) is 10.0 Å². The number of anilines is 1. The van der Waals surface area contributed by atoms with Crippen LogP contribution in [0.3, 0.4) is 0 Å². The lowest BCUT2D eigenvalue weighted by atomic mass is 10.3. The van der Waals surface area contributed by atoms with Crippen LogP contribution in [0.15, 0.2) is 35.5 Å². The molecule has 0 aliphatic rings. The largest absolute Gasteiger partial charge is 0.366 e. The molecule has 0 saturated carbocycles. The summed E-state index contributed by atoms with van der Waals surface area (Å²) >= 11 is 0. The van der Waals surface area contributed by atoms with Gasteiger partial charge in [0, 0.05) is 6.54 Å². The Labute approximate surface area is 111 Å². The average molecular weight is 281 g/mol. The zero-order chi connectivity index (χ0) is 13.9. The predicted molar refractivity (Wildman–Crippen MR) is 71.3 cm³/mol. The minimum absolute atomic E-state index is 0.0914. The van der Waals surface area contributed by atoms with Crippen molar-refractivity contribution in [1.29, 1.82) is 0 Å². The van der Waals surface area contributed by atoms with E-state index in [0.29, 0.717) is 12.2 Å². The van der Waals surface area contributed by atoms with Crippen LogP contribution >= 0.6 is 0 Å². The molecule has 1 heterocycles. The molecule has 1 aromatic heterocycles. The first-order chi connectivity index (χ1) is 9.04. The number of sulfonamides is 1. The van der Waals surface area contributed by atoms with Crippen LogP contribution in [0.25, 0.3) is 5.69 Å². The van der Waals surface area contributed by atoms with Gasteiger partial charge in [0.15, 0.2) is 0 Å². The number of hydrogen-bond donors (Lipinski definition) is 2. The highest BCUT2D eigenvalue weighted by molar-refractivity contribution is 7.89. The summed E-state index contributed by atoms with van der Waals surface area (Å²) < 4.78 is 28.2. The number of hydrogen-bond acceptors (Lipinski definition) is 5. The SMILES string of the molecule is CCCNS(=O)(=O)c1ccccc1-n1cnc(N)n1. The van der Waals surface area contributed by atoms with Crippen molar-refractivity contribution in [3.8, 4) is 5.69 Å². The molecule has 0 fully saturated rings. The van der Waals surface area contributed by atoms with Gasteiger partial charge in [0.05, 0.1) is 5.69 Å². The topological polar surface area (TPSA) is 103 Å². The Bertz CT molecular complexity index is 665. The number of rotatable bonds is 5. The third kappa shape index (κ3) is 2.91. The number of aromatic nitrogens is 3. The van der Waals surface area contributed by atoms with Crippen molar-refractivity contribution in [2.45, 2.75) is 18.2 Å². The Kier molecular flexibility index (Phi) is 3.82. The van der Waals surface area contributed by atoms with E-state index in [2.05, 4.69) is 14.8 Å². The molecule has 102 valence electrons. The number of nitrogens with one attached hydrogen (secondary N) is 1.